The maximum atomic E-state index is 11.9. The van der Waals surface area contributed by atoms with Gasteiger partial charge in [0.15, 0.2) is 5.69 Å². The van der Waals surface area contributed by atoms with Crippen molar-refractivity contribution >= 4 is 35.5 Å². The second kappa shape index (κ2) is 8.58. The van der Waals surface area contributed by atoms with Crippen molar-refractivity contribution < 1.29 is 4.79 Å². The number of amides is 1. The maximum Gasteiger partial charge on any atom is 0.291 e. The lowest BCUT2D eigenvalue weighted by atomic mass is 10.3. The summed E-state index contributed by atoms with van der Waals surface area (Å²) >= 11 is 1.41. The Morgan fingerprint density at radius 3 is 2.82 bits per heavy atom. The number of hydrogen-bond donors (Lipinski definition) is 2. The quantitative estimate of drug-likeness (QED) is 0.439. The van der Waals surface area contributed by atoms with Gasteiger partial charge in [0.2, 0.25) is 0 Å². The molecule has 0 spiro atoms. The molecule has 0 aliphatic rings. The molecular formula is C15H17N5OS. The summed E-state index contributed by atoms with van der Waals surface area (Å²) in [6, 6.07) is 1.60. The Hall–Kier alpha value is -2.67. The van der Waals surface area contributed by atoms with Crippen LogP contribution in [0.5, 0.6) is 0 Å². The first kappa shape index (κ1) is 17.4. The summed E-state index contributed by atoms with van der Waals surface area (Å²) in [6.45, 7) is 16.5. The second-order valence-electron chi connectivity index (χ2n) is 4.17. The zero-order valence-corrected chi connectivity index (χ0v) is 13.1. The average Bonchev–Trinajstić information content (AvgIpc) is 2.94. The van der Waals surface area contributed by atoms with Crippen molar-refractivity contribution in [3.8, 4) is 0 Å². The van der Waals surface area contributed by atoms with E-state index in [0.29, 0.717) is 11.3 Å². The molecule has 0 atom stereocenters. The van der Waals surface area contributed by atoms with Crippen LogP contribution in [0.15, 0.2) is 58.7 Å². The average molecular weight is 315 g/mol. The predicted molar refractivity (Wildman–Crippen MR) is 93.8 cm³/mol. The highest BCUT2D eigenvalue weighted by Crippen LogP contribution is 2.29. The molecule has 1 heterocycles. The molecule has 1 aromatic heterocycles. The number of rotatable bonds is 8. The molecule has 2 N–H and O–H groups in total. The molecule has 0 fully saturated rings. The van der Waals surface area contributed by atoms with Gasteiger partial charge >= 0.3 is 0 Å². The van der Waals surface area contributed by atoms with Crippen LogP contribution in [0.2, 0.25) is 0 Å². The van der Waals surface area contributed by atoms with Crippen molar-refractivity contribution in [3.05, 3.63) is 59.9 Å². The van der Waals surface area contributed by atoms with Gasteiger partial charge in [-0.05, 0) is 36.3 Å². The third kappa shape index (κ3) is 5.76. The van der Waals surface area contributed by atoms with E-state index in [9.17, 15) is 4.79 Å². The van der Waals surface area contributed by atoms with E-state index in [1.54, 1.807) is 12.1 Å². The lowest BCUT2D eigenvalue weighted by Crippen LogP contribution is -2.17. The summed E-state index contributed by atoms with van der Waals surface area (Å²) in [5, 5.41) is 10.4. The molecule has 0 aliphatic heterocycles. The van der Waals surface area contributed by atoms with E-state index in [4.69, 9.17) is 0 Å². The van der Waals surface area contributed by atoms with E-state index >= 15 is 0 Å². The lowest BCUT2D eigenvalue weighted by Gasteiger charge is -1.99. The summed E-state index contributed by atoms with van der Waals surface area (Å²) in [5.74, 6) is -0.439. The molecule has 0 aliphatic carbocycles. The van der Waals surface area contributed by atoms with Gasteiger partial charge in [0.25, 0.3) is 5.91 Å². The maximum absolute atomic E-state index is 11.9. The van der Waals surface area contributed by atoms with Crippen LogP contribution in [0.25, 0.3) is 4.91 Å². The molecule has 0 saturated heterocycles. The number of nitrogens with one attached hydrogen (secondary N) is 2. The van der Waals surface area contributed by atoms with Gasteiger partial charge in [0.1, 0.15) is 0 Å². The number of H-pyrrole nitrogens is 1. The summed E-state index contributed by atoms with van der Waals surface area (Å²) in [7, 11) is 0. The van der Waals surface area contributed by atoms with Crippen LogP contribution < -0.4 is 5.43 Å². The van der Waals surface area contributed by atoms with Gasteiger partial charge < -0.3 is 0 Å². The SMILES string of the molecule is C=N/C=C\C(=C)/C=N/NC(=O)c1cc(C(=C)SC(=C)C)[nH]n1. The number of allylic oxidation sites excluding steroid dienone is 3. The highest BCUT2D eigenvalue weighted by molar-refractivity contribution is 8.11. The zero-order valence-electron chi connectivity index (χ0n) is 12.3. The fourth-order valence-corrected chi connectivity index (χ4v) is 1.90. The normalized spacial score (nSPS) is 10.8. The molecule has 1 aromatic rings. The van der Waals surface area contributed by atoms with Crippen molar-refractivity contribution in [1.82, 2.24) is 15.6 Å². The summed E-state index contributed by atoms with van der Waals surface area (Å²) in [5.41, 5.74) is 3.79. The molecule has 0 aromatic carbocycles. The summed E-state index contributed by atoms with van der Waals surface area (Å²) in [6.07, 6.45) is 4.47. The van der Waals surface area contributed by atoms with Gasteiger partial charge in [-0.1, -0.05) is 31.5 Å². The minimum absolute atomic E-state index is 0.213. The van der Waals surface area contributed by atoms with Crippen molar-refractivity contribution in [2.24, 2.45) is 10.1 Å². The topological polar surface area (TPSA) is 82.5 Å². The van der Waals surface area contributed by atoms with Crippen LogP contribution in [0.4, 0.5) is 0 Å². The Morgan fingerprint density at radius 2 is 2.18 bits per heavy atom. The number of aromatic amines is 1. The number of carbonyl (C=O) groups is 1. The van der Waals surface area contributed by atoms with Gasteiger partial charge in [0, 0.05) is 11.1 Å². The molecule has 1 rings (SSSR count). The van der Waals surface area contributed by atoms with Crippen molar-refractivity contribution in [2.45, 2.75) is 6.92 Å². The second-order valence-corrected chi connectivity index (χ2v) is 5.56. The number of aliphatic imine (C=N–C) groups is 1. The Kier molecular flexibility index (Phi) is 6.78. The molecule has 22 heavy (non-hydrogen) atoms. The van der Waals surface area contributed by atoms with E-state index < -0.39 is 5.91 Å². The zero-order chi connectivity index (χ0) is 16.5. The first-order chi connectivity index (χ1) is 10.4. The monoisotopic (exact) mass is 315 g/mol. The third-order valence-electron chi connectivity index (χ3n) is 2.20. The number of hydrazone groups is 1. The number of carbonyl (C=O) groups excluding carboxylic acids is 1. The van der Waals surface area contributed by atoms with E-state index in [1.807, 2.05) is 6.92 Å². The highest BCUT2D eigenvalue weighted by atomic mass is 32.2. The predicted octanol–water partition coefficient (Wildman–Crippen LogP) is 3.13. The molecule has 0 saturated carbocycles. The number of aromatic nitrogens is 2. The van der Waals surface area contributed by atoms with E-state index in [2.05, 4.69) is 52.2 Å². The summed E-state index contributed by atoms with van der Waals surface area (Å²) < 4.78 is 0. The summed E-state index contributed by atoms with van der Waals surface area (Å²) in [4.78, 5) is 17.0. The lowest BCUT2D eigenvalue weighted by molar-refractivity contribution is 0.0950. The number of nitrogens with zero attached hydrogens (tertiary/aromatic N) is 3. The fourth-order valence-electron chi connectivity index (χ4n) is 1.27. The van der Waals surface area contributed by atoms with Crippen LogP contribution in [0, 0.1) is 0 Å². The van der Waals surface area contributed by atoms with Gasteiger partial charge in [-0.15, -0.1) is 0 Å². The molecule has 7 heteroatoms. The largest absolute Gasteiger partial charge is 0.291 e. The van der Waals surface area contributed by atoms with Crippen LogP contribution >= 0.6 is 11.8 Å². The Bertz CT molecular complexity index is 669. The van der Waals surface area contributed by atoms with E-state index in [-0.39, 0.29) is 5.69 Å². The molecule has 0 radical (unpaired) electrons. The van der Waals surface area contributed by atoms with Gasteiger partial charge in [0.05, 0.1) is 11.9 Å². The number of hydrogen-bond acceptors (Lipinski definition) is 5. The third-order valence-corrected chi connectivity index (χ3v) is 3.01. The Morgan fingerprint density at radius 1 is 1.45 bits per heavy atom. The van der Waals surface area contributed by atoms with Gasteiger partial charge in [-0.25, -0.2) is 5.43 Å². The first-order valence-electron chi connectivity index (χ1n) is 6.16. The molecule has 114 valence electrons. The van der Waals surface area contributed by atoms with Gasteiger partial charge in [-0.2, -0.15) is 10.2 Å². The Labute approximate surface area is 133 Å². The Balaban J connectivity index is 2.62. The van der Waals surface area contributed by atoms with E-state index in [0.717, 1.165) is 9.81 Å². The van der Waals surface area contributed by atoms with Crippen LogP contribution in [0.1, 0.15) is 23.1 Å². The van der Waals surface area contributed by atoms with Crippen LogP contribution in [0.3, 0.4) is 0 Å². The molecule has 1 amide bonds. The highest BCUT2D eigenvalue weighted by Gasteiger charge is 2.11. The number of thioether (sulfide) groups is 1. The van der Waals surface area contributed by atoms with Gasteiger partial charge in [-0.3, -0.25) is 14.9 Å². The van der Waals surface area contributed by atoms with Crippen LogP contribution in [-0.4, -0.2) is 29.0 Å². The van der Waals surface area contributed by atoms with Crippen molar-refractivity contribution in [1.29, 1.82) is 0 Å². The first-order valence-corrected chi connectivity index (χ1v) is 6.98. The molecule has 0 bridgehead atoms. The molecule has 0 unspecified atom stereocenters. The van der Waals surface area contributed by atoms with Crippen molar-refractivity contribution in [2.75, 3.05) is 0 Å². The standard InChI is InChI=1S/C15H17N5OS/c1-10(2)22-12(4)13-8-14(19-18-13)15(21)20-17-9-11(3)6-7-16-5/h6-9H,1,3-5H2,2H3,(H,18,19)(H,20,21)/b7-6-,17-9+. The fraction of sp³-hybridized carbons (Fsp3) is 0.0667. The van der Waals surface area contributed by atoms with Crippen molar-refractivity contribution in [3.63, 3.8) is 0 Å². The van der Waals surface area contributed by atoms with E-state index in [1.165, 1.54) is 24.2 Å². The smallest absolute Gasteiger partial charge is 0.277 e. The van der Waals surface area contributed by atoms with Crippen LogP contribution in [-0.2, 0) is 0 Å². The minimum atomic E-state index is -0.439. The minimum Gasteiger partial charge on any atom is -0.277 e. The molecule has 6 nitrogen and oxygen atoms in total. The molecular weight excluding hydrogens is 298 g/mol.